The molecule has 3 aromatic rings. The molecule has 0 radical (unpaired) electrons. The zero-order valence-electron chi connectivity index (χ0n) is 17.1. The van der Waals surface area contributed by atoms with Gasteiger partial charge >= 0.3 is 0 Å². The minimum Gasteiger partial charge on any atom is -0.393 e. The summed E-state index contributed by atoms with van der Waals surface area (Å²) in [6.45, 7) is 7.11. The van der Waals surface area contributed by atoms with E-state index in [4.69, 9.17) is 10.1 Å². The predicted octanol–water partition coefficient (Wildman–Crippen LogP) is 3.91. The van der Waals surface area contributed by atoms with Gasteiger partial charge in [0, 0.05) is 37.1 Å². The molecule has 0 spiro atoms. The molecule has 1 saturated heterocycles. The summed E-state index contributed by atoms with van der Waals surface area (Å²) in [5.74, 6) is 1.04. The molecule has 162 valence electrons. The zero-order chi connectivity index (χ0) is 19.5. The smallest absolute Gasteiger partial charge is 0.137 e. The number of halogens is 2. The molecule has 0 amide bonds. The lowest BCUT2D eigenvalue weighted by atomic mass is 10.0. The van der Waals surface area contributed by atoms with E-state index in [-0.39, 0.29) is 31.4 Å². The SMILES string of the molecule is CCN1CCN(c2nc(-c3ccc(C(O)CO)cc3)cc3ccccc23)CC1.Cl.Cl. The highest BCUT2D eigenvalue weighted by Gasteiger charge is 2.19. The van der Waals surface area contributed by atoms with Crippen LogP contribution in [0.4, 0.5) is 5.82 Å². The van der Waals surface area contributed by atoms with E-state index >= 15 is 0 Å². The van der Waals surface area contributed by atoms with Crippen molar-refractivity contribution in [2.24, 2.45) is 0 Å². The molecule has 1 aromatic heterocycles. The molecule has 1 atom stereocenters. The molecule has 4 rings (SSSR count). The molecule has 7 heteroatoms. The van der Waals surface area contributed by atoms with Gasteiger partial charge in [-0.3, -0.25) is 0 Å². The normalized spacial score (nSPS) is 15.4. The van der Waals surface area contributed by atoms with Crippen molar-refractivity contribution in [1.29, 1.82) is 0 Å². The number of fused-ring (bicyclic) bond motifs is 1. The van der Waals surface area contributed by atoms with E-state index in [1.807, 2.05) is 24.3 Å². The maximum Gasteiger partial charge on any atom is 0.137 e. The van der Waals surface area contributed by atoms with Crippen LogP contribution < -0.4 is 4.90 Å². The largest absolute Gasteiger partial charge is 0.393 e. The number of benzene rings is 2. The predicted molar refractivity (Wildman–Crippen MR) is 128 cm³/mol. The first-order chi connectivity index (χ1) is 13.7. The molecule has 5 nitrogen and oxygen atoms in total. The molecule has 0 saturated carbocycles. The third kappa shape index (κ3) is 5.05. The summed E-state index contributed by atoms with van der Waals surface area (Å²) in [6.07, 6.45) is -0.843. The fourth-order valence-corrected chi connectivity index (χ4v) is 3.83. The Kier molecular flexibility index (Phi) is 8.89. The first kappa shape index (κ1) is 24.4. The molecule has 2 aromatic carbocycles. The van der Waals surface area contributed by atoms with Gasteiger partial charge in [0.05, 0.1) is 12.3 Å². The Morgan fingerprint density at radius 1 is 0.967 bits per heavy atom. The number of likely N-dealkylation sites (N-methyl/N-ethyl adjacent to an activating group) is 1. The maximum atomic E-state index is 9.81. The number of nitrogens with zero attached hydrogens (tertiary/aromatic N) is 3. The minimum atomic E-state index is -0.843. The van der Waals surface area contributed by atoms with E-state index in [2.05, 4.69) is 47.1 Å². The number of hydrogen-bond acceptors (Lipinski definition) is 5. The van der Waals surface area contributed by atoms with Crippen LogP contribution in [0.2, 0.25) is 0 Å². The van der Waals surface area contributed by atoms with Crippen LogP contribution in [0, 0.1) is 0 Å². The number of aliphatic hydroxyl groups is 2. The average molecular weight is 450 g/mol. The standard InChI is InChI=1S/C23H27N3O2.2ClH/c1-2-25-11-13-26(14-12-25)23-20-6-4-3-5-19(20)15-21(24-23)17-7-9-18(10-8-17)22(28)16-27;;/h3-10,15,22,27-28H,2,11-14,16H2,1H3;2*1H. The lowest BCUT2D eigenvalue weighted by molar-refractivity contribution is 0.0956. The van der Waals surface area contributed by atoms with Crippen molar-refractivity contribution in [3.63, 3.8) is 0 Å². The van der Waals surface area contributed by atoms with Gasteiger partial charge in [-0.25, -0.2) is 4.98 Å². The summed E-state index contributed by atoms with van der Waals surface area (Å²) in [7, 11) is 0. The van der Waals surface area contributed by atoms with Crippen LogP contribution in [0.25, 0.3) is 22.0 Å². The zero-order valence-corrected chi connectivity index (χ0v) is 18.7. The van der Waals surface area contributed by atoms with E-state index in [1.54, 1.807) is 0 Å². The van der Waals surface area contributed by atoms with Crippen molar-refractivity contribution in [2.45, 2.75) is 13.0 Å². The Morgan fingerprint density at radius 2 is 1.63 bits per heavy atom. The summed E-state index contributed by atoms with van der Waals surface area (Å²) in [5, 5.41) is 21.3. The summed E-state index contributed by atoms with van der Waals surface area (Å²) in [5.41, 5.74) is 2.65. The van der Waals surface area contributed by atoms with Crippen molar-refractivity contribution in [2.75, 3.05) is 44.2 Å². The Bertz CT molecular complexity index is 945. The molecular formula is C23H29Cl2N3O2. The van der Waals surface area contributed by atoms with Crippen molar-refractivity contribution in [3.8, 4) is 11.3 Å². The highest BCUT2D eigenvalue weighted by molar-refractivity contribution is 5.95. The molecular weight excluding hydrogens is 421 g/mol. The first-order valence-electron chi connectivity index (χ1n) is 9.96. The van der Waals surface area contributed by atoms with Crippen LogP contribution in [0.3, 0.4) is 0 Å². The molecule has 2 N–H and O–H groups in total. The van der Waals surface area contributed by atoms with E-state index in [1.165, 1.54) is 10.8 Å². The number of aliphatic hydroxyl groups excluding tert-OH is 2. The third-order valence-electron chi connectivity index (χ3n) is 5.60. The second-order valence-corrected chi connectivity index (χ2v) is 7.29. The van der Waals surface area contributed by atoms with Crippen LogP contribution >= 0.6 is 24.8 Å². The fourth-order valence-electron chi connectivity index (χ4n) is 3.83. The Balaban J connectivity index is 0.00000160. The maximum absolute atomic E-state index is 9.81. The minimum absolute atomic E-state index is 0. The molecule has 1 unspecified atom stereocenters. The van der Waals surface area contributed by atoms with Gasteiger partial charge in [-0.1, -0.05) is 55.5 Å². The van der Waals surface area contributed by atoms with Gasteiger partial charge in [0.1, 0.15) is 11.9 Å². The van der Waals surface area contributed by atoms with Gasteiger partial charge in [0.2, 0.25) is 0 Å². The summed E-state index contributed by atoms with van der Waals surface area (Å²) >= 11 is 0. The molecule has 0 bridgehead atoms. The Hall–Kier alpha value is -1.89. The molecule has 1 fully saturated rings. The van der Waals surface area contributed by atoms with E-state index in [0.29, 0.717) is 5.56 Å². The van der Waals surface area contributed by atoms with E-state index in [9.17, 15) is 5.11 Å². The van der Waals surface area contributed by atoms with Crippen molar-refractivity contribution < 1.29 is 10.2 Å². The number of anilines is 1. The number of pyridine rings is 1. The van der Waals surface area contributed by atoms with Gasteiger partial charge in [-0.15, -0.1) is 24.8 Å². The second-order valence-electron chi connectivity index (χ2n) is 7.29. The Labute approximate surface area is 190 Å². The highest BCUT2D eigenvalue weighted by atomic mass is 35.5. The molecule has 30 heavy (non-hydrogen) atoms. The van der Waals surface area contributed by atoms with Crippen LogP contribution in [-0.2, 0) is 0 Å². The van der Waals surface area contributed by atoms with E-state index in [0.717, 1.165) is 49.8 Å². The lowest BCUT2D eigenvalue weighted by Gasteiger charge is -2.35. The van der Waals surface area contributed by atoms with Crippen LogP contribution in [0.5, 0.6) is 0 Å². The fraction of sp³-hybridized carbons (Fsp3) is 0.348. The van der Waals surface area contributed by atoms with E-state index < -0.39 is 6.10 Å². The van der Waals surface area contributed by atoms with Crippen LogP contribution in [0.15, 0.2) is 54.6 Å². The second kappa shape index (κ2) is 10.9. The van der Waals surface area contributed by atoms with Gasteiger partial charge < -0.3 is 20.0 Å². The van der Waals surface area contributed by atoms with Crippen molar-refractivity contribution >= 4 is 41.4 Å². The topological polar surface area (TPSA) is 59.8 Å². The number of hydrogen-bond donors (Lipinski definition) is 2. The Morgan fingerprint density at radius 3 is 2.27 bits per heavy atom. The van der Waals surface area contributed by atoms with Gasteiger partial charge in [0.25, 0.3) is 0 Å². The highest BCUT2D eigenvalue weighted by Crippen LogP contribution is 2.31. The molecule has 0 aliphatic carbocycles. The van der Waals surface area contributed by atoms with Crippen LogP contribution in [-0.4, -0.2) is 59.4 Å². The van der Waals surface area contributed by atoms with Gasteiger partial charge in [-0.2, -0.15) is 0 Å². The quantitative estimate of drug-likeness (QED) is 0.617. The number of aromatic nitrogens is 1. The lowest BCUT2D eigenvalue weighted by Crippen LogP contribution is -2.46. The summed E-state index contributed by atoms with van der Waals surface area (Å²) < 4.78 is 0. The molecule has 1 aliphatic rings. The summed E-state index contributed by atoms with van der Waals surface area (Å²) in [4.78, 5) is 9.89. The first-order valence-corrected chi connectivity index (χ1v) is 9.96. The number of piperazine rings is 1. The molecule has 1 aliphatic heterocycles. The molecule has 2 heterocycles. The average Bonchev–Trinajstić information content (AvgIpc) is 2.78. The van der Waals surface area contributed by atoms with Gasteiger partial charge in [-0.05, 0) is 23.6 Å². The monoisotopic (exact) mass is 449 g/mol. The number of rotatable bonds is 5. The van der Waals surface area contributed by atoms with Crippen molar-refractivity contribution in [1.82, 2.24) is 9.88 Å². The van der Waals surface area contributed by atoms with Gasteiger partial charge in [0.15, 0.2) is 0 Å². The van der Waals surface area contributed by atoms with Crippen LogP contribution in [0.1, 0.15) is 18.6 Å². The third-order valence-corrected chi connectivity index (χ3v) is 5.60. The van der Waals surface area contributed by atoms with Crippen molar-refractivity contribution in [3.05, 3.63) is 60.2 Å². The summed E-state index contributed by atoms with van der Waals surface area (Å²) in [6, 6.07) is 18.2.